The van der Waals surface area contributed by atoms with E-state index < -0.39 is 0 Å². The highest BCUT2D eigenvalue weighted by molar-refractivity contribution is 6.30. The van der Waals surface area contributed by atoms with Gasteiger partial charge in [0.2, 0.25) is 11.5 Å². The van der Waals surface area contributed by atoms with E-state index in [0.717, 1.165) is 5.56 Å². The van der Waals surface area contributed by atoms with Gasteiger partial charge >= 0.3 is 0 Å². The van der Waals surface area contributed by atoms with Crippen LogP contribution < -0.4 is 0 Å². The largest absolute Gasteiger partial charge is 0.353 e. The highest BCUT2D eigenvalue weighted by Gasteiger charge is 2.10. The zero-order valence-electron chi connectivity index (χ0n) is 7.81. The summed E-state index contributed by atoms with van der Waals surface area (Å²) >= 11 is 5.73. The van der Waals surface area contributed by atoms with Crippen molar-refractivity contribution in [3.05, 3.63) is 52.9 Å². The molecule has 0 saturated carbocycles. The highest BCUT2D eigenvalue weighted by Crippen LogP contribution is 2.11. The molecule has 0 unspecified atom stereocenters. The van der Waals surface area contributed by atoms with Crippen molar-refractivity contribution in [1.82, 2.24) is 5.16 Å². The Morgan fingerprint density at radius 1 is 1.27 bits per heavy atom. The smallest absolute Gasteiger partial charge is 0.205 e. The zero-order chi connectivity index (χ0) is 10.7. The van der Waals surface area contributed by atoms with Crippen LogP contribution in [0.3, 0.4) is 0 Å². The van der Waals surface area contributed by atoms with Crippen LogP contribution in [0.5, 0.6) is 0 Å². The fraction of sp³-hybridized carbons (Fsp3) is 0.0909. The van der Waals surface area contributed by atoms with Gasteiger partial charge in [0.25, 0.3) is 0 Å². The van der Waals surface area contributed by atoms with Gasteiger partial charge in [-0.3, -0.25) is 4.79 Å². The van der Waals surface area contributed by atoms with Gasteiger partial charge in [0, 0.05) is 17.5 Å². The number of carbonyl (C=O) groups excluding carboxylic acids is 1. The van der Waals surface area contributed by atoms with Crippen molar-refractivity contribution < 1.29 is 9.32 Å². The summed E-state index contributed by atoms with van der Waals surface area (Å²) in [6.45, 7) is 0. The maximum absolute atomic E-state index is 11.6. The molecule has 2 rings (SSSR count). The Kier molecular flexibility index (Phi) is 2.83. The van der Waals surface area contributed by atoms with Gasteiger partial charge in [0.05, 0.1) is 6.20 Å². The summed E-state index contributed by atoms with van der Waals surface area (Å²) in [6.07, 6.45) is 1.75. The lowest BCUT2D eigenvalue weighted by Gasteiger charge is -1.97. The molecule has 0 aliphatic heterocycles. The van der Waals surface area contributed by atoms with Crippen LogP contribution >= 0.6 is 11.6 Å². The van der Waals surface area contributed by atoms with E-state index in [1.807, 2.05) is 12.1 Å². The van der Waals surface area contributed by atoms with E-state index in [0.29, 0.717) is 11.4 Å². The van der Waals surface area contributed by atoms with E-state index >= 15 is 0 Å². The minimum Gasteiger partial charge on any atom is -0.353 e. The number of benzene rings is 1. The molecule has 1 aromatic heterocycles. The number of ketones is 1. The fourth-order valence-electron chi connectivity index (χ4n) is 1.23. The van der Waals surface area contributed by atoms with E-state index in [9.17, 15) is 4.79 Å². The molecule has 3 nitrogen and oxygen atoms in total. The van der Waals surface area contributed by atoms with Crippen LogP contribution in [0.25, 0.3) is 0 Å². The van der Waals surface area contributed by atoms with E-state index in [4.69, 9.17) is 16.1 Å². The van der Waals surface area contributed by atoms with E-state index in [-0.39, 0.29) is 11.5 Å². The van der Waals surface area contributed by atoms with Gasteiger partial charge in [-0.15, -0.1) is 0 Å². The third kappa shape index (κ3) is 2.44. The van der Waals surface area contributed by atoms with Crippen LogP contribution in [-0.4, -0.2) is 10.9 Å². The molecule has 0 fully saturated rings. The number of nitrogens with zero attached hydrogens (tertiary/aromatic N) is 1. The first-order valence-corrected chi connectivity index (χ1v) is 4.82. The van der Waals surface area contributed by atoms with Gasteiger partial charge in [0.1, 0.15) is 0 Å². The SMILES string of the molecule is O=C(Cc1ccc(Cl)cc1)c1ccno1. The lowest BCUT2D eigenvalue weighted by Crippen LogP contribution is -2.01. The molecule has 0 saturated heterocycles. The van der Waals surface area contributed by atoms with Crippen LogP contribution in [0.1, 0.15) is 16.1 Å². The van der Waals surface area contributed by atoms with Crippen molar-refractivity contribution in [2.45, 2.75) is 6.42 Å². The van der Waals surface area contributed by atoms with Crippen molar-refractivity contribution in [2.75, 3.05) is 0 Å². The van der Waals surface area contributed by atoms with Gasteiger partial charge in [-0.05, 0) is 17.7 Å². The molecule has 0 aliphatic carbocycles. The maximum Gasteiger partial charge on any atom is 0.205 e. The van der Waals surface area contributed by atoms with E-state index in [1.54, 1.807) is 18.2 Å². The number of halogens is 1. The van der Waals surface area contributed by atoms with Crippen molar-refractivity contribution >= 4 is 17.4 Å². The summed E-state index contributed by atoms with van der Waals surface area (Å²) in [4.78, 5) is 11.6. The Morgan fingerprint density at radius 2 is 2.00 bits per heavy atom. The third-order valence-corrected chi connectivity index (χ3v) is 2.24. The molecule has 0 spiro atoms. The lowest BCUT2D eigenvalue weighted by molar-refractivity contribution is 0.0957. The molecule has 2 aromatic rings. The maximum atomic E-state index is 11.6. The Balaban J connectivity index is 2.09. The molecule has 0 radical (unpaired) electrons. The summed E-state index contributed by atoms with van der Waals surface area (Å²) in [5, 5.41) is 4.14. The molecular weight excluding hydrogens is 214 g/mol. The van der Waals surface area contributed by atoms with Crippen LogP contribution in [-0.2, 0) is 6.42 Å². The Labute approximate surface area is 91.6 Å². The van der Waals surface area contributed by atoms with Crippen molar-refractivity contribution in [3.8, 4) is 0 Å². The average molecular weight is 222 g/mol. The lowest BCUT2D eigenvalue weighted by atomic mass is 10.1. The first-order chi connectivity index (χ1) is 7.25. The number of Topliss-reactive ketones (excluding diaryl/α,β-unsaturated/α-hetero) is 1. The van der Waals surface area contributed by atoms with Crippen molar-refractivity contribution in [1.29, 1.82) is 0 Å². The summed E-state index contributed by atoms with van der Waals surface area (Å²) in [6, 6.07) is 8.70. The van der Waals surface area contributed by atoms with Crippen molar-refractivity contribution in [2.24, 2.45) is 0 Å². The van der Waals surface area contributed by atoms with E-state index in [1.165, 1.54) is 6.20 Å². The summed E-state index contributed by atoms with van der Waals surface area (Å²) in [5.74, 6) is 0.194. The average Bonchev–Trinajstić information content (AvgIpc) is 2.74. The molecular formula is C11H8ClNO2. The summed E-state index contributed by atoms with van der Waals surface area (Å²) in [7, 11) is 0. The van der Waals surface area contributed by atoms with Crippen LogP contribution in [0, 0.1) is 0 Å². The first kappa shape index (κ1) is 9.93. The predicted molar refractivity (Wildman–Crippen MR) is 56.0 cm³/mol. The quantitative estimate of drug-likeness (QED) is 0.749. The number of aromatic nitrogens is 1. The number of carbonyl (C=O) groups is 1. The fourth-order valence-corrected chi connectivity index (χ4v) is 1.36. The molecule has 0 atom stereocenters. The monoisotopic (exact) mass is 221 g/mol. The topological polar surface area (TPSA) is 43.1 Å². The van der Waals surface area contributed by atoms with Crippen molar-refractivity contribution in [3.63, 3.8) is 0 Å². The summed E-state index contributed by atoms with van der Waals surface area (Å²) < 4.78 is 4.77. The Hall–Kier alpha value is -1.61. The molecule has 15 heavy (non-hydrogen) atoms. The van der Waals surface area contributed by atoms with Gasteiger partial charge in [-0.1, -0.05) is 28.9 Å². The normalized spacial score (nSPS) is 10.2. The third-order valence-electron chi connectivity index (χ3n) is 1.99. The number of hydrogen-bond donors (Lipinski definition) is 0. The van der Waals surface area contributed by atoms with Gasteiger partial charge < -0.3 is 4.52 Å². The Morgan fingerprint density at radius 3 is 2.60 bits per heavy atom. The number of hydrogen-bond acceptors (Lipinski definition) is 3. The second-order valence-corrected chi connectivity index (χ2v) is 3.54. The Bertz CT molecular complexity index is 448. The molecule has 0 N–H and O–H groups in total. The minimum absolute atomic E-state index is 0.0881. The van der Waals surface area contributed by atoms with Gasteiger partial charge in [0.15, 0.2) is 0 Å². The second-order valence-electron chi connectivity index (χ2n) is 3.10. The van der Waals surface area contributed by atoms with Crippen LogP contribution in [0.15, 0.2) is 41.1 Å². The molecule has 0 amide bonds. The minimum atomic E-state index is -0.0881. The van der Waals surface area contributed by atoms with Gasteiger partial charge in [-0.25, -0.2) is 0 Å². The predicted octanol–water partition coefficient (Wildman–Crippen LogP) is 2.75. The van der Waals surface area contributed by atoms with Crippen LogP contribution in [0.2, 0.25) is 5.02 Å². The molecule has 1 aromatic carbocycles. The molecule has 1 heterocycles. The molecule has 4 heteroatoms. The highest BCUT2D eigenvalue weighted by atomic mass is 35.5. The summed E-state index contributed by atoms with van der Waals surface area (Å²) in [5.41, 5.74) is 0.904. The first-order valence-electron chi connectivity index (χ1n) is 4.44. The van der Waals surface area contributed by atoms with Gasteiger partial charge in [-0.2, -0.15) is 0 Å². The molecule has 0 aliphatic rings. The number of rotatable bonds is 3. The van der Waals surface area contributed by atoms with Crippen LogP contribution in [0.4, 0.5) is 0 Å². The second kappa shape index (κ2) is 4.28. The zero-order valence-corrected chi connectivity index (χ0v) is 8.57. The molecule has 0 bridgehead atoms. The van der Waals surface area contributed by atoms with E-state index in [2.05, 4.69) is 5.16 Å². The molecule has 76 valence electrons. The standard InChI is InChI=1S/C11H8ClNO2/c12-9-3-1-8(2-4-9)7-10(14)11-5-6-13-15-11/h1-6H,7H2.